The molecule has 4 nitrogen and oxygen atoms in total. The molecule has 7 heteroatoms. The monoisotopic (exact) mass is 224 g/mol. The number of halogens is 3. The fraction of sp³-hybridized carbons (Fsp3) is 0. The average Bonchev–Trinajstić information content (AvgIpc) is 2.26. The van der Waals surface area contributed by atoms with Crippen molar-refractivity contribution in [2.24, 2.45) is 5.10 Å². The highest BCUT2D eigenvalue weighted by Gasteiger charge is 2.09. The predicted molar refractivity (Wildman–Crippen MR) is 48.6 cm³/mol. The number of rotatable bonds is 2. The number of benzene rings is 1. The van der Waals surface area contributed by atoms with Gasteiger partial charge < -0.3 is 0 Å². The summed E-state index contributed by atoms with van der Waals surface area (Å²) in [5, 5.41) is 19.8. The summed E-state index contributed by atoms with van der Waals surface area (Å²) in [5.74, 6) is -3.69. The van der Waals surface area contributed by atoms with Gasteiger partial charge in [-0.3, -0.25) is 5.43 Å². The van der Waals surface area contributed by atoms with Crippen molar-refractivity contribution in [3.63, 3.8) is 0 Å². The third-order valence-corrected chi connectivity index (χ3v) is 1.51. The summed E-state index contributed by atoms with van der Waals surface area (Å²) >= 11 is 0. The van der Waals surface area contributed by atoms with Crippen LogP contribution in [0.5, 0.6) is 0 Å². The normalized spacial score (nSPS) is 8.81. The summed E-state index contributed by atoms with van der Waals surface area (Å²) in [4.78, 5) is 0. The summed E-state index contributed by atoms with van der Waals surface area (Å²) in [6.45, 7) is 0. The molecule has 0 saturated heterocycles. The number of nitriles is 2. The van der Waals surface area contributed by atoms with Crippen molar-refractivity contribution in [2.75, 3.05) is 5.43 Å². The second kappa shape index (κ2) is 4.80. The van der Waals surface area contributed by atoms with Crippen LogP contribution in [0.2, 0.25) is 0 Å². The molecule has 0 atom stereocenters. The Kier molecular flexibility index (Phi) is 3.46. The van der Waals surface area contributed by atoms with E-state index in [1.165, 1.54) is 12.1 Å². The first-order valence-corrected chi connectivity index (χ1v) is 3.87. The van der Waals surface area contributed by atoms with Crippen LogP contribution in [0.4, 0.5) is 18.9 Å². The minimum absolute atomic E-state index is 0.325. The molecule has 1 rings (SSSR count). The van der Waals surface area contributed by atoms with E-state index in [0.29, 0.717) is 12.1 Å². The van der Waals surface area contributed by atoms with E-state index in [2.05, 4.69) is 5.10 Å². The highest BCUT2D eigenvalue weighted by molar-refractivity contribution is 6.10. The quantitative estimate of drug-likeness (QED) is 0.473. The van der Waals surface area contributed by atoms with E-state index in [1.54, 1.807) is 0 Å². The molecule has 1 aromatic rings. The maximum Gasteiger partial charge on any atom is 0.237 e. The zero-order chi connectivity index (χ0) is 12.1. The van der Waals surface area contributed by atoms with Crippen LogP contribution in [0.25, 0.3) is 0 Å². The molecule has 0 saturated carbocycles. The predicted octanol–water partition coefficient (Wildman–Crippen LogP) is 1.92. The van der Waals surface area contributed by atoms with Gasteiger partial charge in [0.1, 0.15) is 12.1 Å². The summed E-state index contributed by atoms with van der Waals surface area (Å²) < 4.78 is 38.2. The second-order valence-corrected chi connectivity index (χ2v) is 2.54. The van der Waals surface area contributed by atoms with Crippen molar-refractivity contribution in [1.29, 1.82) is 10.5 Å². The minimum Gasteiger partial charge on any atom is -0.273 e. The number of hydrazone groups is 1. The molecular formula is C9H3F3N4. The molecule has 0 aliphatic carbocycles. The second-order valence-electron chi connectivity index (χ2n) is 2.54. The lowest BCUT2D eigenvalue weighted by molar-refractivity contribution is 0.496. The Hall–Kier alpha value is -2.54. The first-order chi connectivity index (χ1) is 7.58. The number of nitrogens with zero attached hydrogens (tertiary/aromatic N) is 3. The highest BCUT2D eigenvalue weighted by Crippen LogP contribution is 2.18. The molecule has 1 N–H and O–H groups in total. The van der Waals surface area contributed by atoms with Crippen molar-refractivity contribution in [2.45, 2.75) is 0 Å². The van der Waals surface area contributed by atoms with Crippen molar-refractivity contribution < 1.29 is 13.2 Å². The van der Waals surface area contributed by atoms with E-state index in [9.17, 15) is 13.2 Å². The molecule has 0 fully saturated rings. The Morgan fingerprint density at radius 3 is 2.19 bits per heavy atom. The molecule has 0 aliphatic rings. The Bertz CT molecular complexity index is 509. The van der Waals surface area contributed by atoms with Gasteiger partial charge >= 0.3 is 0 Å². The van der Waals surface area contributed by atoms with Gasteiger partial charge in [0, 0.05) is 12.1 Å². The number of hydrogen-bond acceptors (Lipinski definition) is 4. The molecule has 16 heavy (non-hydrogen) atoms. The van der Waals surface area contributed by atoms with E-state index < -0.39 is 28.9 Å². The van der Waals surface area contributed by atoms with E-state index in [-0.39, 0.29) is 0 Å². The lowest BCUT2D eigenvalue weighted by atomic mass is 10.3. The SMILES string of the molecule is N#CC(C#N)=NNc1cc(F)c(F)cc1F. The minimum atomic E-state index is -1.34. The van der Waals surface area contributed by atoms with Gasteiger partial charge in [0.15, 0.2) is 17.5 Å². The number of anilines is 1. The molecule has 0 heterocycles. The highest BCUT2D eigenvalue weighted by atomic mass is 19.2. The van der Waals surface area contributed by atoms with E-state index in [0.717, 1.165) is 0 Å². The van der Waals surface area contributed by atoms with Crippen LogP contribution in [0.1, 0.15) is 0 Å². The van der Waals surface area contributed by atoms with Crippen LogP contribution in [0.3, 0.4) is 0 Å². The van der Waals surface area contributed by atoms with E-state index in [1.807, 2.05) is 5.43 Å². The third-order valence-electron chi connectivity index (χ3n) is 1.51. The van der Waals surface area contributed by atoms with Crippen molar-refractivity contribution >= 4 is 11.4 Å². The maximum absolute atomic E-state index is 13.0. The van der Waals surface area contributed by atoms with Crippen LogP contribution in [-0.2, 0) is 0 Å². The Balaban J connectivity index is 3.01. The van der Waals surface area contributed by atoms with Gasteiger partial charge in [-0.1, -0.05) is 0 Å². The fourth-order valence-electron chi connectivity index (χ4n) is 0.799. The largest absolute Gasteiger partial charge is 0.273 e. The standard InChI is InChI=1S/C9H3F3N4/c10-6-1-8(12)9(2-7(6)11)16-15-5(3-13)4-14/h1-2,16H. The molecule has 0 bridgehead atoms. The molecule has 80 valence electrons. The molecule has 0 unspecified atom stereocenters. The van der Waals surface area contributed by atoms with Gasteiger partial charge in [0.2, 0.25) is 5.71 Å². The molecule has 1 aromatic carbocycles. The first kappa shape index (κ1) is 11.5. The fourth-order valence-corrected chi connectivity index (χ4v) is 0.799. The van der Waals surface area contributed by atoms with Crippen LogP contribution in [0.15, 0.2) is 17.2 Å². The van der Waals surface area contributed by atoms with Crippen LogP contribution in [-0.4, -0.2) is 5.71 Å². The summed E-state index contributed by atoms with van der Waals surface area (Å²) in [7, 11) is 0. The molecule has 0 spiro atoms. The molecule has 0 aromatic heterocycles. The smallest absolute Gasteiger partial charge is 0.237 e. The van der Waals surface area contributed by atoms with Gasteiger partial charge in [-0.25, -0.2) is 13.2 Å². The first-order valence-electron chi connectivity index (χ1n) is 3.87. The molecule has 0 radical (unpaired) electrons. The zero-order valence-electron chi connectivity index (χ0n) is 7.63. The summed E-state index contributed by atoms with van der Waals surface area (Å²) in [5.41, 5.74) is 0.908. The Labute approximate surface area is 88.2 Å². The topological polar surface area (TPSA) is 72.0 Å². The van der Waals surface area contributed by atoms with Gasteiger partial charge in [-0.2, -0.15) is 15.6 Å². The molecule has 0 amide bonds. The van der Waals surface area contributed by atoms with Crippen LogP contribution < -0.4 is 5.43 Å². The van der Waals surface area contributed by atoms with Gasteiger partial charge in [0.05, 0.1) is 5.69 Å². The summed E-state index contributed by atoms with van der Waals surface area (Å²) in [6.07, 6.45) is 0. The lowest BCUT2D eigenvalue weighted by Gasteiger charge is -2.02. The Morgan fingerprint density at radius 2 is 1.62 bits per heavy atom. The van der Waals surface area contributed by atoms with Gasteiger partial charge in [-0.15, -0.1) is 0 Å². The molecule has 0 aliphatic heterocycles. The zero-order valence-corrected chi connectivity index (χ0v) is 7.63. The van der Waals surface area contributed by atoms with E-state index in [4.69, 9.17) is 10.5 Å². The van der Waals surface area contributed by atoms with E-state index >= 15 is 0 Å². The number of hydrogen-bond donors (Lipinski definition) is 1. The Morgan fingerprint density at radius 1 is 1.06 bits per heavy atom. The van der Waals surface area contributed by atoms with Crippen LogP contribution >= 0.6 is 0 Å². The van der Waals surface area contributed by atoms with Crippen molar-refractivity contribution in [3.8, 4) is 12.1 Å². The van der Waals surface area contributed by atoms with Crippen molar-refractivity contribution in [3.05, 3.63) is 29.6 Å². The third kappa shape index (κ3) is 2.49. The van der Waals surface area contributed by atoms with Gasteiger partial charge in [0.25, 0.3) is 0 Å². The van der Waals surface area contributed by atoms with Gasteiger partial charge in [-0.05, 0) is 0 Å². The molecular weight excluding hydrogens is 221 g/mol. The summed E-state index contributed by atoms with van der Waals surface area (Å²) in [6, 6.07) is 3.66. The lowest BCUT2D eigenvalue weighted by Crippen LogP contribution is -2.00. The van der Waals surface area contributed by atoms with Crippen molar-refractivity contribution in [1.82, 2.24) is 0 Å². The van der Waals surface area contributed by atoms with Crippen LogP contribution in [0, 0.1) is 40.1 Å². The average molecular weight is 224 g/mol. The maximum atomic E-state index is 13.0. The number of nitrogens with one attached hydrogen (secondary N) is 1.